The van der Waals surface area contributed by atoms with Crippen molar-refractivity contribution in [2.75, 3.05) is 0 Å². The van der Waals surface area contributed by atoms with Gasteiger partial charge in [0.15, 0.2) is 0 Å². The average molecular weight is 228 g/mol. The molecule has 2 rings (SSSR count). The van der Waals surface area contributed by atoms with Crippen LogP contribution < -0.4 is 5.73 Å². The molecule has 0 fully saturated rings. The Morgan fingerprint density at radius 2 is 1.29 bits per heavy atom. The molecular weight excluding hydrogens is 206 g/mol. The second-order valence-corrected chi connectivity index (χ2v) is 4.52. The normalized spacial score (nSPS) is 11.1. The van der Waals surface area contributed by atoms with Crippen LogP contribution in [-0.4, -0.2) is 0 Å². The molecule has 0 aliphatic carbocycles. The first kappa shape index (κ1) is 12.1. The zero-order valence-corrected chi connectivity index (χ0v) is 11.1. The zero-order chi connectivity index (χ0) is 12.4. The lowest BCUT2D eigenvalue weighted by atomic mass is 9.88. The Labute approximate surface area is 104 Å². The molecule has 0 unspecified atom stereocenters. The Hall–Kier alpha value is -1.34. The number of aryl methyl sites for hydroxylation is 1. The standard InChI is InChI=1S/C16H21N/c1-4-11-12(5-2)14-9-7-8-10-15(14)16(17)13(11)6-3/h7-10H,4-6,17H2,1-3H3/p+1. The Balaban J connectivity index is 2.93. The Bertz CT molecular complexity index is 541. The van der Waals surface area contributed by atoms with E-state index < -0.39 is 0 Å². The molecule has 0 aromatic heterocycles. The van der Waals surface area contributed by atoms with Crippen molar-refractivity contribution >= 4 is 16.5 Å². The SMILES string of the molecule is CCc1c(CC)c(CC)c2ccccc2c1[NH3+]. The molecule has 3 N–H and O–H groups in total. The van der Waals surface area contributed by atoms with Gasteiger partial charge in [0.1, 0.15) is 5.69 Å². The summed E-state index contributed by atoms with van der Waals surface area (Å²) in [7, 11) is 0. The first-order valence-corrected chi connectivity index (χ1v) is 6.61. The van der Waals surface area contributed by atoms with Gasteiger partial charge in [-0.2, -0.15) is 0 Å². The highest BCUT2D eigenvalue weighted by Gasteiger charge is 2.16. The number of hydrogen-bond acceptors (Lipinski definition) is 0. The van der Waals surface area contributed by atoms with E-state index in [4.69, 9.17) is 0 Å². The van der Waals surface area contributed by atoms with Gasteiger partial charge in [-0.3, -0.25) is 0 Å². The molecule has 0 bridgehead atoms. The summed E-state index contributed by atoms with van der Waals surface area (Å²) in [5.41, 5.74) is 10.0. The molecule has 0 amide bonds. The van der Waals surface area contributed by atoms with Crippen LogP contribution in [0.4, 0.5) is 5.69 Å². The van der Waals surface area contributed by atoms with Crippen molar-refractivity contribution in [2.45, 2.75) is 40.0 Å². The lowest BCUT2D eigenvalue weighted by Gasteiger charge is -2.16. The summed E-state index contributed by atoms with van der Waals surface area (Å²) in [5.74, 6) is 0. The minimum atomic E-state index is 1.08. The molecule has 1 nitrogen and oxygen atoms in total. The van der Waals surface area contributed by atoms with Gasteiger partial charge < -0.3 is 5.73 Å². The molecule has 2 aromatic carbocycles. The molecule has 0 aliphatic heterocycles. The van der Waals surface area contributed by atoms with E-state index in [1.165, 1.54) is 33.2 Å². The van der Waals surface area contributed by atoms with Crippen LogP contribution in [-0.2, 0) is 19.3 Å². The van der Waals surface area contributed by atoms with Crippen LogP contribution in [0.3, 0.4) is 0 Å². The first-order valence-electron chi connectivity index (χ1n) is 6.61. The van der Waals surface area contributed by atoms with Crippen molar-refractivity contribution < 1.29 is 5.73 Å². The summed E-state index contributed by atoms with van der Waals surface area (Å²) < 4.78 is 0. The fourth-order valence-electron chi connectivity index (χ4n) is 2.96. The third-order valence-corrected chi connectivity index (χ3v) is 3.73. The highest BCUT2D eigenvalue weighted by Crippen LogP contribution is 2.32. The summed E-state index contributed by atoms with van der Waals surface area (Å²) in [4.78, 5) is 0. The molecule has 90 valence electrons. The van der Waals surface area contributed by atoms with E-state index in [2.05, 4.69) is 50.8 Å². The van der Waals surface area contributed by atoms with Crippen molar-refractivity contribution in [1.29, 1.82) is 0 Å². The fourth-order valence-corrected chi connectivity index (χ4v) is 2.96. The topological polar surface area (TPSA) is 27.6 Å². The van der Waals surface area contributed by atoms with Gasteiger partial charge in [-0.05, 0) is 41.8 Å². The van der Waals surface area contributed by atoms with E-state index in [1.54, 1.807) is 0 Å². The third kappa shape index (κ3) is 1.85. The van der Waals surface area contributed by atoms with E-state index in [9.17, 15) is 0 Å². The van der Waals surface area contributed by atoms with Gasteiger partial charge in [0.2, 0.25) is 0 Å². The predicted octanol–water partition coefficient (Wildman–Crippen LogP) is 3.40. The largest absolute Gasteiger partial charge is 0.324 e. The molecule has 0 aliphatic rings. The van der Waals surface area contributed by atoms with E-state index in [1.807, 2.05) is 0 Å². The quantitative estimate of drug-likeness (QED) is 0.834. The summed E-state index contributed by atoms with van der Waals surface area (Å²) in [6.07, 6.45) is 3.30. The Morgan fingerprint density at radius 3 is 1.82 bits per heavy atom. The second kappa shape index (κ2) is 4.89. The maximum atomic E-state index is 4.30. The molecule has 1 heteroatoms. The molecule has 0 spiro atoms. The van der Waals surface area contributed by atoms with Gasteiger partial charge in [-0.15, -0.1) is 0 Å². The van der Waals surface area contributed by atoms with Crippen LogP contribution in [0.15, 0.2) is 24.3 Å². The third-order valence-electron chi connectivity index (χ3n) is 3.73. The summed E-state index contributed by atoms with van der Waals surface area (Å²) in [5, 5.41) is 2.73. The molecule has 17 heavy (non-hydrogen) atoms. The van der Waals surface area contributed by atoms with E-state index in [0.29, 0.717) is 0 Å². The summed E-state index contributed by atoms with van der Waals surface area (Å²) in [6, 6.07) is 8.68. The average Bonchev–Trinajstić information content (AvgIpc) is 2.38. The number of benzene rings is 2. The van der Waals surface area contributed by atoms with Crippen LogP contribution >= 0.6 is 0 Å². The molecule has 0 saturated carbocycles. The Kier molecular flexibility index (Phi) is 3.49. The minimum absolute atomic E-state index is 1.08. The van der Waals surface area contributed by atoms with Crippen molar-refractivity contribution in [3.63, 3.8) is 0 Å². The molecular formula is C16H22N+. The number of rotatable bonds is 3. The van der Waals surface area contributed by atoms with Crippen molar-refractivity contribution in [3.8, 4) is 0 Å². The molecule has 2 aromatic rings. The van der Waals surface area contributed by atoms with Crippen molar-refractivity contribution in [2.24, 2.45) is 0 Å². The Morgan fingerprint density at radius 1 is 0.765 bits per heavy atom. The molecule has 0 saturated heterocycles. The van der Waals surface area contributed by atoms with Gasteiger partial charge in [-0.1, -0.05) is 39.0 Å². The molecule has 0 heterocycles. The van der Waals surface area contributed by atoms with E-state index in [-0.39, 0.29) is 0 Å². The first-order chi connectivity index (χ1) is 8.24. The van der Waals surface area contributed by atoms with Gasteiger partial charge in [-0.25, -0.2) is 0 Å². The maximum absolute atomic E-state index is 4.30. The predicted molar refractivity (Wildman–Crippen MR) is 74.6 cm³/mol. The molecule has 0 atom stereocenters. The van der Waals surface area contributed by atoms with Crippen molar-refractivity contribution in [1.82, 2.24) is 0 Å². The zero-order valence-electron chi connectivity index (χ0n) is 11.1. The second-order valence-electron chi connectivity index (χ2n) is 4.52. The number of quaternary nitrogens is 1. The van der Waals surface area contributed by atoms with Gasteiger partial charge in [0.05, 0.1) is 0 Å². The summed E-state index contributed by atoms with van der Waals surface area (Å²) >= 11 is 0. The van der Waals surface area contributed by atoms with Crippen LogP contribution in [0.1, 0.15) is 37.5 Å². The van der Waals surface area contributed by atoms with E-state index >= 15 is 0 Å². The highest BCUT2D eigenvalue weighted by molar-refractivity contribution is 5.95. The minimum Gasteiger partial charge on any atom is -0.324 e. The van der Waals surface area contributed by atoms with Gasteiger partial charge in [0.25, 0.3) is 0 Å². The molecule has 0 radical (unpaired) electrons. The van der Waals surface area contributed by atoms with Gasteiger partial charge in [0, 0.05) is 10.9 Å². The highest BCUT2D eigenvalue weighted by atomic mass is 14.6. The monoisotopic (exact) mass is 228 g/mol. The van der Waals surface area contributed by atoms with Crippen LogP contribution in [0.25, 0.3) is 10.8 Å². The lowest BCUT2D eigenvalue weighted by Crippen LogP contribution is -2.42. The lowest BCUT2D eigenvalue weighted by molar-refractivity contribution is -0.253. The van der Waals surface area contributed by atoms with Crippen LogP contribution in [0.5, 0.6) is 0 Å². The van der Waals surface area contributed by atoms with E-state index in [0.717, 1.165) is 19.3 Å². The summed E-state index contributed by atoms with van der Waals surface area (Å²) in [6.45, 7) is 6.74. The van der Waals surface area contributed by atoms with Crippen LogP contribution in [0, 0.1) is 0 Å². The smallest absolute Gasteiger partial charge is 0.139 e. The number of fused-ring (bicyclic) bond motifs is 1. The maximum Gasteiger partial charge on any atom is 0.139 e. The number of hydrogen-bond donors (Lipinski definition) is 1. The van der Waals surface area contributed by atoms with Gasteiger partial charge >= 0.3 is 0 Å². The van der Waals surface area contributed by atoms with Crippen molar-refractivity contribution in [3.05, 3.63) is 41.0 Å². The van der Waals surface area contributed by atoms with Crippen LogP contribution in [0.2, 0.25) is 0 Å². The fraction of sp³-hybridized carbons (Fsp3) is 0.375.